The number of hydrogen-bond acceptors (Lipinski definition) is 8. The molecule has 0 spiro atoms. The molecule has 0 radical (unpaired) electrons. The van der Waals surface area contributed by atoms with Crippen molar-refractivity contribution in [1.29, 1.82) is 0 Å². The minimum atomic E-state index is -4.24. The van der Waals surface area contributed by atoms with E-state index in [9.17, 15) is 8.42 Å². The van der Waals surface area contributed by atoms with Crippen LogP contribution in [0.15, 0.2) is 90.1 Å². The number of nitrogens with zero attached hydrogens (tertiary/aromatic N) is 5. The van der Waals surface area contributed by atoms with Crippen LogP contribution in [0.2, 0.25) is 0 Å². The van der Waals surface area contributed by atoms with Crippen LogP contribution in [0.3, 0.4) is 0 Å². The molecule has 0 unspecified atom stereocenters. The number of ether oxygens (including phenoxy) is 1. The van der Waals surface area contributed by atoms with E-state index < -0.39 is 33.0 Å². The van der Waals surface area contributed by atoms with Gasteiger partial charge < -0.3 is 10.1 Å². The topological polar surface area (TPSA) is 140 Å². The van der Waals surface area contributed by atoms with E-state index in [1.165, 1.54) is 24.5 Å². The van der Waals surface area contributed by atoms with Crippen molar-refractivity contribution in [2.24, 2.45) is 0 Å². The molecule has 11 nitrogen and oxygen atoms in total. The highest BCUT2D eigenvalue weighted by Crippen LogP contribution is 2.31. The third-order valence-electron chi connectivity index (χ3n) is 7.53. The highest BCUT2D eigenvalue weighted by molar-refractivity contribution is 7.92. The molecule has 0 amide bonds. The Morgan fingerprint density at radius 3 is 2.56 bits per heavy atom. The summed E-state index contributed by atoms with van der Waals surface area (Å²) in [5, 5.41) is 19.0. The maximum Gasteiger partial charge on any atom is 0.262 e. The lowest BCUT2D eigenvalue weighted by molar-refractivity contribution is 0.158. The van der Waals surface area contributed by atoms with E-state index in [0.29, 0.717) is 28.0 Å². The molecular formula is C31H26F2N8O3S. The molecule has 1 aliphatic heterocycles. The van der Waals surface area contributed by atoms with Crippen LogP contribution in [-0.2, 0) is 10.0 Å². The molecule has 0 atom stereocenters. The van der Waals surface area contributed by atoms with Crippen molar-refractivity contribution < 1.29 is 21.9 Å². The third-order valence-corrected chi connectivity index (χ3v) is 8.89. The first-order valence-corrected chi connectivity index (χ1v) is 15.6. The molecule has 45 heavy (non-hydrogen) atoms. The van der Waals surface area contributed by atoms with Gasteiger partial charge in [0, 0.05) is 11.8 Å². The predicted molar refractivity (Wildman–Crippen MR) is 163 cm³/mol. The Morgan fingerprint density at radius 2 is 1.73 bits per heavy atom. The quantitative estimate of drug-likeness (QED) is 0.212. The van der Waals surface area contributed by atoms with Gasteiger partial charge in [-0.15, -0.1) is 10.2 Å². The number of aromatic nitrogens is 6. The molecule has 3 aromatic heterocycles. The monoisotopic (exact) mass is 628 g/mol. The summed E-state index contributed by atoms with van der Waals surface area (Å²) in [4.78, 5) is 4.30. The van der Waals surface area contributed by atoms with E-state index in [-0.39, 0.29) is 16.7 Å². The van der Waals surface area contributed by atoms with Gasteiger partial charge in [-0.05, 0) is 67.4 Å². The Labute approximate surface area is 256 Å². The summed E-state index contributed by atoms with van der Waals surface area (Å²) in [6.45, 7) is 1.72. The first-order valence-electron chi connectivity index (χ1n) is 14.2. The molecule has 0 aliphatic carbocycles. The van der Waals surface area contributed by atoms with Gasteiger partial charge in [-0.2, -0.15) is 0 Å². The molecule has 1 fully saturated rings. The maximum atomic E-state index is 15.8. The largest absolute Gasteiger partial charge is 0.473 e. The van der Waals surface area contributed by atoms with E-state index >= 15 is 8.78 Å². The molecule has 6 aromatic rings. The summed E-state index contributed by atoms with van der Waals surface area (Å²) in [6, 6.07) is 19.2. The average Bonchev–Trinajstić information content (AvgIpc) is 3.71. The van der Waals surface area contributed by atoms with E-state index in [4.69, 9.17) is 4.74 Å². The fourth-order valence-corrected chi connectivity index (χ4v) is 6.30. The van der Waals surface area contributed by atoms with Crippen molar-refractivity contribution in [3.63, 3.8) is 0 Å². The van der Waals surface area contributed by atoms with E-state index in [2.05, 4.69) is 35.5 Å². The lowest BCUT2D eigenvalue weighted by atomic mass is 10.1. The zero-order chi connectivity index (χ0) is 31.0. The fourth-order valence-electron chi connectivity index (χ4n) is 5.19. The number of anilines is 1. The predicted octanol–water partition coefficient (Wildman–Crippen LogP) is 5.08. The zero-order valence-corrected chi connectivity index (χ0v) is 24.4. The van der Waals surface area contributed by atoms with Crippen molar-refractivity contribution in [3.8, 4) is 34.0 Å². The van der Waals surface area contributed by atoms with Gasteiger partial charge in [0.15, 0.2) is 17.3 Å². The van der Waals surface area contributed by atoms with Gasteiger partial charge >= 0.3 is 0 Å². The molecule has 0 saturated carbocycles. The third kappa shape index (κ3) is 5.72. The Kier molecular flexibility index (Phi) is 7.43. The van der Waals surface area contributed by atoms with E-state index in [0.717, 1.165) is 48.3 Å². The summed E-state index contributed by atoms with van der Waals surface area (Å²) in [6.07, 6.45) is 4.58. The number of aromatic amines is 1. The van der Waals surface area contributed by atoms with Crippen molar-refractivity contribution in [1.82, 2.24) is 35.5 Å². The number of H-pyrrole nitrogens is 1. The highest BCUT2D eigenvalue weighted by atomic mass is 32.2. The standard InChI is InChI=1S/C31H26F2N8O3S/c32-25-9-10-26(39-45(42,43)23-8-4-7-20(15-23)19-5-2-1-3-6-19)28(33)29(25)41-18-27(36-40-41)21-16-24-30(35-17-21)37-38-31(24)44-22-11-13-34-14-12-22/h1-10,15-18,22,34,39H,11-14H2,(H,35,37,38). The Bertz CT molecular complexity index is 2110. The minimum absolute atomic E-state index is 0.0192. The van der Waals surface area contributed by atoms with Crippen LogP contribution in [0.5, 0.6) is 5.88 Å². The van der Waals surface area contributed by atoms with Gasteiger partial charge in [0.05, 0.1) is 22.2 Å². The van der Waals surface area contributed by atoms with Crippen LogP contribution in [0.25, 0.3) is 39.1 Å². The molecule has 14 heteroatoms. The fraction of sp³-hybridized carbons (Fsp3) is 0.161. The highest BCUT2D eigenvalue weighted by Gasteiger charge is 2.23. The normalized spacial score (nSPS) is 14.1. The lowest BCUT2D eigenvalue weighted by Gasteiger charge is -2.22. The number of benzene rings is 3. The number of sulfonamides is 1. The molecule has 7 rings (SSSR count). The molecule has 4 heterocycles. The van der Waals surface area contributed by atoms with E-state index in [1.54, 1.807) is 18.2 Å². The molecule has 1 saturated heterocycles. The molecular weight excluding hydrogens is 602 g/mol. The maximum absolute atomic E-state index is 15.8. The second-order valence-corrected chi connectivity index (χ2v) is 12.2. The van der Waals surface area contributed by atoms with Crippen molar-refractivity contribution >= 4 is 26.7 Å². The smallest absolute Gasteiger partial charge is 0.262 e. The van der Waals surface area contributed by atoms with Gasteiger partial charge in [0.1, 0.15) is 17.5 Å². The summed E-state index contributed by atoms with van der Waals surface area (Å²) in [5.41, 5.74) is 1.75. The second kappa shape index (κ2) is 11.7. The van der Waals surface area contributed by atoms with E-state index in [1.807, 2.05) is 30.3 Å². The average molecular weight is 629 g/mol. The number of hydrogen-bond donors (Lipinski definition) is 3. The van der Waals surface area contributed by atoms with Crippen LogP contribution < -0.4 is 14.8 Å². The Balaban J connectivity index is 1.16. The summed E-state index contributed by atoms with van der Waals surface area (Å²) < 4.78 is 66.6. The van der Waals surface area contributed by atoms with Crippen molar-refractivity contribution in [2.75, 3.05) is 17.8 Å². The van der Waals surface area contributed by atoms with Crippen LogP contribution in [0.4, 0.5) is 14.5 Å². The summed E-state index contributed by atoms with van der Waals surface area (Å²) >= 11 is 0. The number of rotatable bonds is 8. The zero-order valence-electron chi connectivity index (χ0n) is 23.6. The van der Waals surface area contributed by atoms with Gasteiger partial charge in [-0.1, -0.05) is 47.7 Å². The Hall–Kier alpha value is -5.21. The minimum Gasteiger partial charge on any atom is -0.473 e. The first kappa shape index (κ1) is 28.6. The Morgan fingerprint density at radius 1 is 0.933 bits per heavy atom. The van der Waals surface area contributed by atoms with Gasteiger partial charge in [-0.3, -0.25) is 9.82 Å². The molecule has 0 bridgehead atoms. The van der Waals surface area contributed by atoms with Gasteiger partial charge in [0.2, 0.25) is 5.88 Å². The SMILES string of the molecule is O=S(=O)(Nc1ccc(F)c(-n2cc(-c3cnc4[nH]nc(OC5CCNCC5)c4c3)nn2)c1F)c1cccc(-c2ccccc2)c1. The summed E-state index contributed by atoms with van der Waals surface area (Å²) in [5.74, 6) is -1.71. The van der Waals surface area contributed by atoms with Gasteiger partial charge in [0.25, 0.3) is 10.0 Å². The van der Waals surface area contributed by atoms with Crippen LogP contribution in [0, 0.1) is 11.6 Å². The van der Waals surface area contributed by atoms with Crippen molar-refractivity contribution in [2.45, 2.75) is 23.8 Å². The van der Waals surface area contributed by atoms with Crippen LogP contribution in [-0.4, -0.2) is 57.8 Å². The second-order valence-electron chi connectivity index (χ2n) is 10.5. The number of halogens is 2. The van der Waals surface area contributed by atoms with Crippen molar-refractivity contribution in [3.05, 3.63) is 96.8 Å². The summed E-state index contributed by atoms with van der Waals surface area (Å²) in [7, 11) is -4.24. The first-order chi connectivity index (χ1) is 21.9. The van der Waals surface area contributed by atoms with Gasteiger partial charge in [-0.25, -0.2) is 26.9 Å². The lowest BCUT2D eigenvalue weighted by Crippen LogP contribution is -2.34. The number of piperidine rings is 1. The molecule has 1 aliphatic rings. The molecule has 3 aromatic carbocycles. The number of fused-ring (bicyclic) bond motifs is 1. The molecule has 3 N–H and O–H groups in total. The van der Waals surface area contributed by atoms with Crippen LogP contribution >= 0.6 is 0 Å². The number of pyridine rings is 1. The van der Waals surface area contributed by atoms with Crippen LogP contribution in [0.1, 0.15) is 12.8 Å². The number of nitrogens with one attached hydrogen (secondary N) is 3. The molecule has 228 valence electrons.